The third-order valence-electron chi connectivity index (χ3n) is 3.53. The Morgan fingerprint density at radius 1 is 1.52 bits per heavy atom. The van der Waals surface area contributed by atoms with Crippen LogP contribution < -0.4 is 15.0 Å². The lowest BCUT2D eigenvalue weighted by Crippen LogP contribution is -2.34. The Labute approximate surface area is 123 Å². The highest BCUT2D eigenvalue weighted by Crippen LogP contribution is 2.33. The molecule has 2 amide bonds. The molecule has 1 saturated heterocycles. The van der Waals surface area contributed by atoms with E-state index in [-0.39, 0.29) is 31.4 Å². The standard InChI is InChI=1S/C15H20N2O4/c1-10-3-4-13(21-2)12(7-10)17-9-11(8-14(17)19)15(20)16-5-6-18/h3-4,7,11,18H,5-6,8-9H2,1-2H3,(H,16,20). The number of hydrogen-bond acceptors (Lipinski definition) is 4. The number of methoxy groups -OCH3 is 1. The second kappa shape index (κ2) is 6.58. The molecule has 6 heteroatoms. The van der Waals surface area contributed by atoms with Crippen LogP contribution in [0.5, 0.6) is 5.75 Å². The van der Waals surface area contributed by atoms with E-state index < -0.39 is 5.92 Å². The summed E-state index contributed by atoms with van der Waals surface area (Å²) in [6.07, 6.45) is 0.175. The molecule has 1 unspecified atom stereocenters. The van der Waals surface area contributed by atoms with Gasteiger partial charge >= 0.3 is 0 Å². The van der Waals surface area contributed by atoms with Gasteiger partial charge in [0.2, 0.25) is 11.8 Å². The molecule has 114 valence electrons. The van der Waals surface area contributed by atoms with Gasteiger partial charge in [0.1, 0.15) is 5.75 Å². The number of aliphatic hydroxyl groups excluding tert-OH is 1. The number of amides is 2. The molecule has 1 atom stereocenters. The van der Waals surface area contributed by atoms with Crippen molar-refractivity contribution in [2.75, 3.05) is 31.7 Å². The quantitative estimate of drug-likeness (QED) is 0.826. The highest BCUT2D eigenvalue weighted by atomic mass is 16.5. The molecule has 6 nitrogen and oxygen atoms in total. The normalized spacial score (nSPS) is 18.0. The minimum atomic E-state index is -0.394. The van der Waals surface area contributed by atoms with Gasteiger partial charge in [-0.15, -0.1) is 0 Å². The number of ether oxygens (including phenoxy) is 1. The molecule has 1 aliphatic rings. The van der Waals surface area contributed by atoms with E-state index in [1.54, 1.807) is 12.0 Å². The molecule has 1 aromatic carbocycles. The van der Waals surface area contributed by atoms with Crippen LogP contribution in [0.25, 0.3) is 0 Å². The first-order valence-corrected chi connectivity index (χ1v) is 6.90. The van der Waals surface area contributed by atoms with E-state index in [0.29, 0.717) is 18.0 Å². The summed E-state index contributed by atoms with van der Waals surface area (Å²) in [5.74, 6) is -0.0748. The van der Waals surface area contributed by atoms with Crippen LogP contribution in [0.1, 0.15) is 12.0 Å². The van der Waals surface area contributed by atoms with Crippen molar-refractivity contribution in [2.24, 2.45) is 5.92 Å². The number of nitrogens with one attached hydrogen (secondary N) is 1. The molecule has 1 heterocycles. The lowest BCUT2D eigenvalue weighted by atomic mass is 10.1. The maximum atomic E-state index is 12.2. The third-order valence-corrected chi connectivity index (χ3v) is 3.53. The largest absolute Gasteiger partial charge is 0.495 e. The van der Waals surface area contributed by atoms with Gasteiger partial charge in [-0.05, 0) is 24.6 Å². The molecule has 0 spiro atoms. The fourth-order valence-electron chi connectivity index (χ4n) is 2.45. The van der Waals surface area contributed by atoms with E-state index in [1.165, 1.54) is 0 Å². The van der Waals surface area contributed by atoms with Gasteiger partial charge in [-0.25, -0.2) is 0 Å². The zero-order chi connectivity index (χ0) is 15.4. The first kappa shape index (κ1) is 15.3. The van der Waals surface area contributed by atoms with Crippen LogP contribution in [0.2, 0.25) is 0 Å². The van der Waals surface area contributed by atoms with Crippen LogP contribution in [0.15, 0.2) is 18.2 Å². The summed E-state index contributed by atoms with van der Waals surface area (Å²) in [7, 11) is 1.56. The van der Waals surface area contributed by atoms with Crippen molar-refractivity contribution in [2.45, 2.75) is 13.3 Å². The molecule has 21 heavy (non-hydrogen) atoms. The van der Waals surface area contributed by atoms with E-state index in [2.05, 4.69) is 5.32 Å². The van der Waals surface area contributed by atoms with Crippen molar-refractivity contribution in [3.05, 3.63) is 23.8 Å². The van der Waals surface area contributed by atoms with Crippen molar-refractivity contribution < 1.29 is 19.4 Å². The molecule has 0 saturated carbocycles. The lowest BCUT2D eigenvalue weighted by molar-refractivity contribution is -0.126. The summed E-state index contributed by atoms with van der Waals surface area (Å²) in [6, 6.07) is 5.61. The van der Waals surface area contributed by atoms with Gasteiger partial charge in [-0.3, -0.25) is 9.59 Å². The fraction of sp³-hybridized carbons (Fsp3) is 0.467. The van der Waals surface area contributed by atoms with E-state index in [1.807, 2.05) is 25.1 Å². The number of anilines is 1. The molecule has 1 aliphatic heterocycles. The van der Waals surface area contributed by atoms with Crippen LogP contribution in [0.4, 0.5) is 5.69 Å². The van der Waals surface area contributed by atoms with Crippen molar-refractivity contribution in [3.63, 3.8) is 0 Å². The number of aliphatic hydroxyl groups is 1. The second-order valence-corrected chi connectivity index (χ2v) is 5.10. The van der Waals surface area contributed by atoms with Gasteiger partial charge in [0.25, 0.3) is 0 Å². The van der Waals surface area contributed by atoms with Crippen LogP contribution in [0, 0.1) is 12.8 Å². The highest BCUT2D eigenvalue weighted by Gasteiger charge is 2.36. The monoisotopic (exact) mass is 292 g/mol. The summed E-state index contributed by atoms with van der Waals surface area (Å²) >= 11 is 0. The fourth-order valence-corrected chi connectivity index (χ4v) is 2.45. The van der Waals surface area contributed by atoms with Gasteiger partial charge in [-0.1, -0.05) is 6.07 Å². The number of rotatable bonds is 5. The average molecular weight is 292 g/mol. The van der Waals surface area contributed by atoms with Crippen molar-refractivity contribution >= 4 is 17.5 Å². The van der Waals surface area contributed by atoms with Gasteiger partial charge in [0, 0.05) is 19.5 Å². The zero-order valence-electron chi connectivity index (χ0n) is 12.3. The lowest BCUT2D eigenvalue weighted by Gasteiger charge is -2.20. The summed E-state index contributed by atoms with van der Waals surface area (Å²) < 4.78 is 5.29. The van der Waals surface area contributed by atoms with Gasteiger partial charge in [0.05, 0.1) is 25.3 Å². The summed E-state index contributed by atoms with van der Waals surface area (Å²) in [4.78, 5) is 25.7. The molecule has 0 aromatic heterocycles. The summed E-state index contributed by atoms with van der Waals surface area (Å²) in [5, 5.41) is 11.3. The van der Waals surface area contributed by atoms with E-state index in [4.69, 9.17) is 9.84 Å². The Morgan fingerprint density at radius 2 is 2.29 bits per heavy atom. The number of carbonyl (C=O) groups is 2. The summed E-state index contributed by atoms with van der Waals surface area (Å²) in [6.45, 7) is 2.37. The van der Waals surface area contributed by atoms with Gasteiger partial charge in [0.15, 0.2) is 0 Å². The third kappa shape index (κ3) is 3.33. The molecule has 0 aliphatic carbocycles. The molecule has 1 aromatic rings. The van der Waals surface area contributed by atoms with Gasteiger partial charge in [-0.2, -0.15) is 0 Å². The first-order valence-electron chi connectivity index (χ1n) is 6.90. The van der Waals surface area contributed by atoms with Crippen LogP contribution >= 0.6 is 0 Å². The average Bonchev–Trinajstić information content (AvgIpc) is 2.86. The van der Waals surface area contributed by atoms with Crippen molar-refractivity contribution in [1.82, 2.24) is 5.32 Å². The number of nitrogens with zero attached hydrogens (tertiary/aromatic N) is 1. The van der Waals surface area contributed by atoms with E-state index >= 15 is 0 Å². The van der Waals surface area contributed by atoms with E-state index in [9.17, 15) is 9.59 Å². The Balaban J connectivity index is 2.17. The second-order valence-electron chi connectivity index (χ2n) is 5.10. The highest BCUT2D eigenvalue weighted by molar-refractivity contribution is 6.01. The predicted octanol–water partition coefficient (Wildman–Crippen LogP) is 0.465. The van der Waals surface area contributed by atoms with E-state index in [0.717, 1.165) is 5.56 Å². The van der Waals surface area contributed by atoms with Gasteiger partial charge < -0.3 is 20.1 Å². The van der Waals surface area contributed by atoms with Crippen LogP contribution in [-0.2, 0) is 9.59 Å². The SMILES string of the molecule is COc1ccc(C)cc1N1CC(C(=O)NCCO)CC1=O. The molecule has 1 fully saturated rings. The maximum Gasteiger partial charge on any atom is 0.227 e. The maximum absolute atomic E-state index is 12.2. The first-order chi connectivity index (χ1) is 10.1. The minimum Gasteiger partial charge on any atom is -0.495 e. The summed E-state index contributed by atoms with van der Waals surface area (Å²) in [5.41, 5.74) is 1.71. The minimum absolute atomic E-state index is 0.0944. The topological polar surface area (TPSA) is 78.9 Å². The Morgan fingerprint density at radius 3 is 2.95 bits per heavy atom. The van der Waals surface area contributed by atoms with Crippen LogP contribution in [0.3, 0.4) is 0 Å². The predicted molar refractivity (Wildman–Crippen MR) is 78.3 cm³/mol. The molecule has 0 radical (unpaired) electrons. The Bertz CT molecular complexity index is 544. The number of hydrogen-bond donors (Lipinski definition) is 2. The van der Waals surface area contributed by atoms with Crippen LogP contribution in [-0.4, -0.2) is 43.7 Å². The van der Waals surface area contributed by atoms with Crippen molar-refractivity contribution in [3.8, 4) is 5.75 Å². The molecule has 2 N–H and O–H groups in total. The number of aryl methyl sites for hydroxylation is 1. The zero-order valence-corrected chi connectivity index (χ0v) is 12.3. The Kier molecular flexibility index (Phi) is 4.80. The number of benzene rings is 1. The smallest absolute Gasteiger partial charge is 0.227 e. The molecule has 2 rings (SSSR count). The molecular weight excluding hydrogens is 272 g/mol. The Hall–Kier alpha value is -2.08. The number of carbonyl (C=O) groups excluding carboxylic acids is 2. The molecular formula is C15H20N2O4. The molecule has 0 bridgehead atoms. The van der Waals surface area contributed by atoms with Crippen molar-refractivity contribution in [1.29, 1.82) is 0 Å².